The van der Waals surface area contributed by atoms with Crippen LogP contribution in [0.3, 0.4) is 0 Å². The molecule has 3 nitrogen and oxygen atoms in total. The van der Waals surface area contributed by atoms with E-state index in [1.54, 1.807) is 15.9 Å². The summed E-state index contributed by atoms with van der Waals surface area (Å²) >= 11 is 0. The van der Waals surface area contributed by atoms with Gasteiger partial charge in [-0.25, -0.2) is 9.97 Å². The lowest BCUT2D eigenvalue weighted by Gasteiger charge is -2.61. The van der Waals surface area contributed by atoms with Gasteiger partial charge in [0.25, 0.3) is 0 Å². The molecule has 7 aromatic carbocycles. The van der Waals surface area contributed by atoms with Crippen molar-refractivity contribution in [2.45, 2.75) is 50.6 Å². The molecule has 4 saturated carbocycles. The van der Waals surface area contributed by atoms with Crippen LogP contribution in [-0.4, -0.2) is 18.0 Å². The number of hydrogen-bond acceptors (Lipinski definition) is 3. The molecule has 15 rings (SSSR count). The number of para-hydroxylation sites is 1. The molecule has 9 aromatic rings. The van der Waals surface area contributed by atoms with Gasteiger partial charge in [0.05, 0.1) is 0 Å². The second kappa shape index (κ2) is 11.8. The molecule has 0 unspecified atom stereocenters. The zero-order chi connectivity index (χ0) is 39.5. The van der Waals surface area contributed by atoms with Gasteiger partial charge in [-0.3, -0.25) is 0 Å². The molecule has 4 bridgehead atoms. The molecule has 0 atom stereocenters. The molecular formula is C56H44N2OSi. The standard InChI is InChI=1S/C56H44N2OSi/c1-60(2)48-19-11-9-16-41(48)44-29-35(21-23-49(44)60)36-20-22-42-45(30-36)56(38-25-32-24-33(27-38)28-39(56)26-32)46-31-37-14-6-7-15-40(37)51(50(42)46)53-54-52(43-17-8-10-18-47(43)59-54)57-55(58-53)34-12-4-3-5-13-34/h3-23,29-33,38-39H,24-28H2,1-2H3. The minimum Gasteiger partial charge on any atom is -0.452 e. The van der Waals surface area contributed by atoms with Crippen LogP contribution >= 0.6 is 0 Å². The third kappa shape index (κ3) is 4.30. The van der Waals surface area contributed by atoms with Crippen molar-refractivity contribution < 1.29 is 4.42 Å². The summed E-state index contributed by atoms with van der Waals surface area (Å²) in [4.78, 5) is 10.9. The Kier molecular flexibility index (Phi) is 6.63. The van der Waals surface area contributed by atoms with E-state index in [1.165, 1.54) is 87.4 Å². The summed E-state index contributed by atoms with van der Waals surface area (Å²) in [6.45, 7) is 5.03. The molecule has 3 heterocycles. The Morgan fingerprint density at radius 3 is 2.05 bits per heavy atom. The van der Waals surface area contributed by atoms with Crippen molar-refractivity contribution in [2.75, 3.05) is 0 Å². The topological polar surface area (TPSA) is 38.9 Å². The Morgan fingerprint density at radius 1 is 0.533 bits per heavy atom. The first-order chi connectivity index (χ1) is 29.4. The molecule has 4 fully saturated rings. The Labute approximate surface area is 351 Å². The van der Waals surface area contributed by atoms with Crippen LogP contribution in [0.5, 0.6) is 0 Å². The maximum Gasteiger partial charge on any atom is 0.180 e. The first-order valence-electron chi connectivity index (χ1n) is 22.2. The van der Waals surface area contributed by atoms with E-state index in [0.29, 0.717) is 11.8 Å². The van der Waals surface area contributed by atoms with Crippen molar-refractivity contribution >= 4 is 51.3 Å². The van der Waals surface area contributed by atoms with Crippen molar-refractivity contribution in [1.29, 1.82) is 0 Å². The van der Waals surface area contributed by atoms with E-state index < -0.39 is 8.07 Å². The van der Waals surface area contributed by atoms with E-state index in [9.17, 15) is 0 Å². The highest BCUT2D eigenvalue weighted by Crippen LogP contribution is 2.71. The summed E-state index contributed by atoms with van der Waals surface area (Å²) in [5.74, 6) is 3.67. The summed E-state index contributed by atoms with van der Waals surface area (Å²) in [5, 5.41) is 6.64. The molecule has 60 heavy (non-hydrogen) atoms. The van der Waals surface area contributed by atoms with Gasteiger partial charge in [-0.05, 0) is 152 Å². The number of benzene rings is 7. The van der Waals surface area contributed by atoms with Gasteiger partial charge in [0.15, 0.2) is 11.4 Å². The minimum atomic E-state index is -1.75. The highest BCUT2D eigenvalue weighted by atomic mass is 28.3. The molecule has 0 N–H and O–H groups in total. The molecule has 6 aliphatic rings. The largest absolute Gasteiger partial charge is 0.452 e. The Hall–Kier alpha value is -6.10. The van der Waals surface area contributed by atoms with E-state index in [4.69, 9.17) is 14.4 Å². The number of nitrogens with zero attached hydrogens (tertiary/aromatic N) is 2. The molecule has 0 radical (unpaired) electrons. The van der Waals surface area contributed by atoms with Crippen molar-refractivity contribution in [3.05, 3.63) is 157 Å². The first kappa shape index (κ1) is 33.7. The second-order valence-corrected chi connectivity index (χ2v) is 23.6. The van der Waals surface area contributed by atoms with Gasteiger partial charge in [0, 0.05) is 21.9 Å². The molecule has 5 aliphatic carbocycles. The minimum absolute atomic E-state index is 0.0482. The zero-order valence-electron chi connectivity index (χ0n) is 34.0. The summed E-state index contributed by atoms with van der Waals surface area (Å²) in [6, 6.07) is 54.7. The van der Waals surface area contributed by atoms with E-state index in [-0.39, 0.29) is 5.41 Å². The van der Waals surface area contributed by atoms with E-state index in [2.05, 4.69) is 159 Å². The van der Waals surface area contributed by atoms with Crippen molar-refractivity contribution in [3.63, 3.8) is 0 Å². The van der Waals surface area contributed by atoms with Crippen LogP contribution in [0, 0.1) is 23.7 Å². The highest BCUT2D eigenvalue weighted by Gasteiger charge is 2.62. The lowest BCUT2D eigenvalue weighted by molar-refractivity contribution is -0.0398. The average Bonchev–Trinajstić information content (AvgIpc) is 3.88. The van der Waals surface area contributed by atoms with Crippen molar-refractivity contribution in [1.82, 2.24) is 9.97 Å². The van der Waals surface area contributed by atoms with Crippen LogP contribution < -0.4 is 10.4 Å². The SMILES string of the molecule is C[Si]1(C)c2ccccc2-c2cc(-c3ccc4c(c3)C3(c5cc6ccccc6c(-c6nc(-c7ccccc7)nc7c6oc6ccccc67)c5-4)C4CC5CC(C4)CC3C5)ccc21. The highest BCUT2D eigenvalue weighted by molar-refractivity contribution is 7.03. The molecule has 4 heteroatoms. The number of furan rings is 1. The van der Waals surface area contributed by atoms with Crippen molar-refractivity contribution in [3.8, 4) is 56.0 Å². The smallest absolute Gasteiger partial charge is 0.180 e. The number of hydrogen-bond donors (Lipinski definition) is 0. The van der Waals surface area contributed by atoms with E-state index in [1.807, 2.05) is 0 Å². The summed E-state index contributed by atoms with van der Waals surface area (Å²) in [7, 11) is -1.75. The Balaban J connectivity index is 1.07. The van der Waals surface area contributed by atoms with Gasteiger partial charge in [0.2, 0.25) is 0 Å². The lowest BCUT2D eigenvalue weighted by atomic mass is 9.43. The van der Waals surface area contributed by atoms with Gasteiger partial charge in [-0.2, -0.15) is 0 Å². The predicted octanol–water partition coefficient (Wildman–Crippen LogP) is 13.1. The fraction of sp³-hybridized carbons (Fsp3) is 0.214. The van der Waals surface area contributed by atoms with Gasteiger partial charge in [-0.15, -0.1) is 0 Å². The lowest BCUT2D eigenvalue weighted by Crippen LogP contribution is -2.55. The van der Waals surface area contributed by atoms with Crippen LogP contribution in [0.2, 0.25) is 13.1 Å². The van der Waals surface area contributed by atoms with Gasteiger partial charge < -0.3 is 4.42 Å². The van der Waals surface area contributed by atoms with Crippen LogP contribution in [0.15, 0.2) is 150 Å². The van der Waals surface area contributed by atoms with Crippen LogP contribution in [0.1, 0.15) is 43.2 Å². The van der Waals surface area contributed by atoms with Crippen LogP contribution in [-0.2, 0) is 5.41 Å². The molecule has 2 aromatic heterocycles. The Morgan fingerprint density at radius 2 is 1.22 bits per heavy atom. The van der Waals surface area contributed by atoms with E-state index >= 15 is 0 Å². The van der Waals surface area contributed by atoms with Gasteiger partial charge in [0.1, 0.15) is 24.9 Å². The van der Waals surface area contributed by atoms with E-state index in [0.717, 1.165) is 51.0 Å². The summed E-state index contributed by atoms with van der Waals surface area (Å²) in [6.07, 6.45) is 6.73. The molecule has 288 valence electrons. The van der Waals surface area contributed by atoms with Gasteiger partial charge in [-0.1, -0.05) is 128 Å². The molecule has 1 spiro atoms. The van der Waals surface area contributed by atoms with Gasteiger partial charge >= 0.3 is 0 Å². The Bertz CT molecular complexity index is 3290. The monoisotopic (exact) mass is 788 g/mol. The number of rotatable bonds is 3. The molecule has 1 aliphatic heterocycles. The number of aromatic nitrogens is 2. The third-order valence-electron chi connectivity index (χ3n) is 16.1. The predicted molar refractivity (Wildman–Crippen MR) is 249 cm³/mol. The average molecular weight is 789 g/mol. The third-order valence-corrected chi connectivity index (χ3v) is 19.6. The molecule has 0 amide bonds. The van der Waals surface area contributed by atoms with Crippen molar-refractivity contribution in [2.24, 2.45) is 23.7 Å². The maximum atomic E-state index is 6.89. The second-order valence-electron chi connectivity index (χ2n) is 19.3. The molecule has 0 saturated heterocycles. The van der Waals surface area contributed by atoms with Crippen LogP contribution in [0.25, 0.3) is 88.9 Å². The summed E-state index contributed by atoms with van der Waals surface area (Å²) in [5.41, 5.74) is 16.9. The van der Waals surface area contributed by atoms with Crippen LogP contribution in [0.4, 0.5) is 0 Å². The fourth-order valence-corrected chi connectivity index (χ4v) is 16.9. The summed E-state index contributed by atoms with van der Waals surface area (Å²) < 4.78 is 6.89. The molecular weight excluding hydrogens is 745 g/mol. The normalized spacial score (nSPS) is 23.7. The fourth-order valence-electron chi connectivity index (χ4n) is 13.8. The first-order valence-corrected chi connectivity index (χ1v) is 25.2. The number of fused-ring (bicyclic) bond motifs is 10. The maximum absolute atomic E-state index is 6.89. The quantitative estimate of drug-likeness (QED) is 0.167. The zero-order valence-corrected chi connectivity index (χ0v) is 35.0.